The second-order valence-electron chi connectivity index (χ2n) is 10.6. The molecule has 0 aromatic heterocycles. The van der Waals surface area contributed by atoms with Crippen molar-refractivity contribution in [3.8, 4) is 0 Å². The first-order chi connectivity index (χ1) is 7.57. The fourth-order valence-electron chi connectivity index (χ4n) is 16.0. The third-order valence-corrected chi connectivity index (χ3v) is 57.2. The quantitative estimate of drug-likeness (QED) is 0.468. The van der Waals surface area contributed by atoms with Crippen LogP contribution in [0.2, 0.25) is 48.2 Å². The maximum absolute atomic E-state index is 5.30. The zero-order valence-corrected chi connectivity index (χ0v) is 11.5. The Balaban J connectivity index is 0.000000105. The van der Waals surface area contributed by atoms with E-state index in [0.29, 0.717) is 0 Å². The first-order valence-corrected chi connectivity index (χ1v) is 14.3. The summed E-state index contributed by atoms with van der Waals surface area (Å²) in [5.41, 5.74) is 0. The van der Waals surface area contributed by atoms with Crippen molar-refractivity contribution >= 4 is 11.6 Å². The topological polar surface area (TPSA) is 0 Å². The van der Waals surface area contributed by atoms with Crippen molar-refractivity contribution in [1.29, 1.82) is 0 Å². The summed E-state index contributed by atoms with van der Waals surface area (Å²) in [7, 11) is 0. The molecule has 10 aliphatic rings. The van der Waals surface area contributed by atoms with Gasteiger partial charge in [0.05, 0.1) is 0 Å². The van der Waals surface area contributed by atoms with Crippen LogP contribution in [0.15, 0.2) is 0 Å². The van der Waals surface area contributed by atoms with Gasteiger partial charge in [-0.25, -0.2) is 0 Å². The summed E-state index contributed by atoms with van der Waals surface area (Å²) in [5, 5.41) is 0. The zero-order chi connectivity index (χ0) is 10.2. The molecule has 0 aromatic carbocycles. The van der Waals surface area contributed by atoms with Crippen molar-refractivity contribution in [3.05, 3.63) is 0 Å². The van der Waals surface area contributed by atoms with E-state index in [9.17, 15) is 0 Å². The van der Waals surface area contributed by atoms with E-state index in [1.54, 1.807) is 48.2 Å². The molecule has 0 aliphatic carbocycles. The van der Waals surface area contributed by atoms with E-state index in [0.717, 1.165) is 12.3 Å². The molecule has 0 amide bonds. The molecule has 10 fully saturated rings. The summed E-state index contributed by atoms with van der Waals surface area (Å²) in [6, 6.07) is 0. The van der Waals surface area contributed by atoms with Crippen molar-refractivity contribution < 1.29 is 6.51 Å². The van der Waals surface area contributed by atoms with Crippen LogP contribution in [-0.2, 0) is 6.51 Å². The number of rotatable bonds is 2. The Labute approximate surface area is 91.8 Å². The van der Waals surface area contributed by atoms with Crippen LogP contribution in [0.5, 0.6) is 0 Å². The number of halogens is 1. The summed E-state index contributed by atoms with van der Waals surface area (Å²) in [6.45, 7) is -0.156. The number of fused-ring (bicyclic) bond motifs is 10. The molecule has 10 rings (SSSR count). The van der Waals surface area contributed by atoms with Crippen LogP contribution in [0.4, 0.5) is 0 Å². The van der Waals surface area contributed by atoms with Gasteiger partial charge in [0.2, 0.25) is 0 Å². The maximum atomic E-state index is 5.30. The summed E-state index contributed by atoms with van der Waals surface area (Å²) in [4.78, 5) is 15.9. The van der Waals surface area contributed by atoms with Gasteiger partial charge < -0.3 is 0 Å². The van der Waals surface area contributed by atoms with Crippen molar-refractivity contribution in [1.82, 2.24) is 0 Å². The predicted molar refractivity (Wildman–Crippen MR) is 63.1 cm³/mol. The molecule has 1 spiro atoms. The predicted octanol–water partition coefficient (Wildman–Crippen LogP) is 5.40. The zero-order valence-electron chi connectivity index (χ0n) is 9.63. The van der Waals surface area contributed by atoms with Crippen LogP contribution in [0.25, 0.3) is 0 Å². The van der Waals surface area contributed by atoms with E-state index < -0.39 is 6.51 Å². The van der Waals surface area contributed by atoms with E-state index in [-0.39, 0.29) is 0 Å². The Morgan fingerprint density at radius 2 is 1.06 bits per heavy atom. The molecule has 0 saturated carbocycles. The van der Waals surface area contributed by atoms with Crippen LogP contribution in [0.1, 0.15) is 19.8 Å². The average molecular weight is 279 g/mol. The Morgan fingerprint density at radius 1 is 0.750 bits per heavy atom. The van der Waals surface area contributed by atoms with E-state index in [2.05, 4.69) is 6.92 Å². The monoisotopic (exact) mass is 278 g/mol. The van der Waals surface area contributed by atoms with Crippen molar-refractivity contribution in [3.63, 3.8) is 0 Å². The fraction of sp³-hybridized carbons (Fsp3) is 1.00. The van der Waals surface area contributed by atoms with Gasteiger partial charge in [0.25, 0.3) is 0 Å². The minimum absolute atomic E-state index is 0.816. The first kappa shape index (κ1) is 6.83. The standard InChI is InChI=1S/2C5H5.C4H9Cl.Fe/c2*1-2-4-5-3-1;1-2-3-4-5;/h2*1-5H;2-4H2,1H3;. The third kappa shape index (κ3) is 0.0687. The van der Waals surface area contributed by atoms with Crippen LogP contribution < -0.4 is 0 Å². The summed E-state index contributed by atoms with van der Waals surface area (Å²) in [6.07, 6.45) is 2.37. The molecule has 0 aromatic rings. The molecule has 90 valence electrons. The summed E-state index contributed by atoms with van der Waals surface area (Å²) >= 11 is 5.30. The molecule has 2 heteroatoms. The van der Waals surface area contributed by atoms with Gasteiger partial charge in [-0.15, -0.1) is 11.6 Å². The van der Waals surface area contributed by atoms with E-state index in [1.165, 1.54) is 6.42 Å². The molecule has 10 heterocycles. The SMILES string of the molecule is CCCCCl.[CH]12[CH]3[CH]4[CH]5[CH]1[Fe]23451678[CH]2[CH]1[CH]6[CH]7[CH]28. The van der Waals surface area contributed by atoms with Gasteiger partial charge in [-0.2, -0.15) is 0 Å². The summed E-state index contributed by atoms with van der Waals surface area (Å²) in [5.74, 6) is 0.816. The van der Waals surface area contributed by atoms with Gasteiger partial charge in [-0.05, 0) is 6.42 Å². The molecule has 0 nitrogen and oxygen atoms in total. The third-order valence-electron chi connectivity index (χ3n) is 15.0. The number of hydrogen-bond acceptors (Lipinski definition) is 0. The van der Waals surface area contributed by atoms with Crippen LogP contribution in [-0.4, -0.2) is 5.88 Å². The van der Waals surface area contributed by atoms with Crippen molar-refractivity contribution in [2.24, 2.45) is 0 Å². The Hall–Kier alpha value is 0.809. The average Bonchev–Trinajstić information content (AvgIpc) is 3.25. The molecular weight excluding hydrogens is 259 g/mol. The van der Waals surface area contributed by atoms with E-state index in [1.807, 2.05) is 0 Å². The molecular formula is C14H19ClFe. The van der Waals surface area contributed by atoms with E-state index in [4.69, 9.17) is 11.6 Å². The number of alkyl halides is 1. The minimum atomic E-state index is -2.28. The normalized spacial score (nSPS) is 120. The van der Waals surface area contributed by atoms with Crippen LogP contribution >= 0.6 is 11.6 Å². The Bertz CT molecular complexity index is 622. The molecule has 0 N–H and O–H groups in total. The molecule has 10 saturated heterocycles. The van der Waals surface area contributed by atoms with E-state index >= 15 is 0 Å². The van der Waals surface area contributed by atoms with Crippen molar-refractivity contribution in [2.75, 3.05) is 5.88 Å². The second-order valence-corrected chi connectivity index (χ2v) is 34.9. The van der Waals surface area contributed by atoms with Crippen LogP contribution in [0, 0.1) is 0 Å². The second kappa shape index (κ2) is 0.558. The fourth-order valence-corrected chi connectivity index (χ4v) is 88.4. The number of unbranched alkanes of at least 4 members (excludes halogenated alkanes) is 1. The van der Waals surface area contributed by atoms with Gasteiger partial charge >= 0.3 is 54.7 Å². The molecule has 0 radical (unpaired) electrons. The van der Waals surface area contributed by atoms with Crippen molar-refractivity contribution in [2.45, 2.75) is 67.9 Å². The molecule has 0 bridgehead atoms. The first-order valence-electron chi connectivity index (χ1n) is 7.35. The Kier molecular flexibility index (Phi) is 0.238. The summed E-state index contributed by atoms with van der Waals surface area (Å²) < 4.78 is 0. The molecule has 0 unspecified atom stereocenters. The van der Waals surface area contributed by atoms with Gasteiger partial charge in [0, 0.05) is 5.88 Å². The number of hydrogen-bond donors (Lipinski definition) is 0. The van der Waals surface area contributed by atoms with Gasteiger partial charge in [0.1, 0.15) is 0 Å². The van der Waals surface area contributed by atoms with Gasteiger partial charge in [-0.1, -0.05) is 13.3 Å². The molecule has 0 atom stereocenters. The Morgan fingerprint density at radius 3 is 1.06 bits per heavy atom. The molecule has 10 aliphatic heterocycles. The van der Waals surface area contributed by atoms with Crippen LogP contribution in [0.3, 0.4) is 0 Å². The molecule has 16 heavy (non-hydrogen) atoms. The van der Waals surface area contributed by atoms with Gasteiger partial charge in [-0.3, -0.25) is 0 Å². The van der Waals surface area contributed by atoms with Gasteiger partial charge in [0.15, 0.2) is 0 Å².